The fraction of sp³-hybridized carbons (Fsp3) is 0. The van der Waals surface area contributed by atoms with Crippen molar-refractivity contribution in [3.63, 3.8) is 0 Å². The van der Waals surface area contributed by atoms with E-state index in [-0.39, 0.29) is 17.6 Å². The lowest BCUT2D eigenvalue weighted by molar-refractivity contribution is 0.405. The van der Waals surface area contributed by atoms with Crippen LogP contribution in [0, 0.1) is 11.6 Å². The molecule has 1 heterocycles. The predicted octanol–water partition coefficient (Wildman–Crippen LogP) is 2.89. The van der Waals surface area contributed by atoms with Crippen LogP contribution in [0.25, 0.3) is 0 Å². The molecule has 0 radical (unpaired) electrons. The van der Waals surface area contributed by atoms with Crippen molar-refractivity contribution in [3.8, 4) is 11.6 Å². The quantitative estimate of drug-likeness (QED) is 0.867. The molecule has 0 aliphatic carbocycles. The smallest absolute Gasteiger partial charge is 0.224 e. The van der Waals surface area contributed by atoms with Crippen molar-refractivity contribution in [1.29, 1.82) is 0 Å². The zero-order valence-electron chi connectivity index (χ0n) is 8.32. The monoisotopic (exact) mass is 301 g/mol. The molecular formula is C10H6BrF2N3O. The van der Waals surface area contributed by atoms with Crippen LogP contribution < -0.4 is 10.5 Å². The number of hydrogen-bond donors (Lipinski definition) is 1. The summed E-state index contributed by atoms with van der Waals surface area (Å²) in [6, 6.07) is 3.67. The normalized spacial score (nSPS) is 10.3. The molecule has 4 nitrogen and oxygen atoms in total. The first-order valence-corrected chi connectivity index (χ1v) is 5.26. The van der Waals surface area contributed by atoms with E-state index in [1.807, 2.05) is 0 Å². The standard InChI is InChI=1S/C10H6BrF2N3O/c11-5-3-6(12)9(13)7(4-5)17-8-1-2-15-10(14)16-8/h1-4H,(H2,14,15,16). The van der Waals surface area contributed by atoms with Gasteiger partial charge in [0.25, 0.3) is 0 Å². The minimum Gasteiger partial charge on any atom is -0.436 e. The van der Waals surface area contributed by atoms with Gasteiger partial charge in [-0.2, -0.15) is 9.37 Å². The number of aromatic nitrogens is 2. The molecule has 1 aromatic heterocycles. The maximum Gasteiger partial charge on any atom is 0.224 e. The van der Waals surface area contributed by atoms with Crippen molar-refractivity contribution < 1.29 is 13.5 Å². The minimum absolute atomic E-state index is 0.0154. The molecule has 2 N–H and O–H groups in total. The van der Waals surface area contributed by atoms with E-state index in [4.69, 9.17) is 10.5 Å². The highest BCUT2D eigenvalue weighted by molar-refractivity contribution is 9.10. The Kier molecular flexibility index (Phi) is 3.19. The summed E-state index contributed by atoms with van der Waals surface area (Å²) in [7, 11) is 0. The second kappa shape index (κ2) is 4.62. The number of anilines is 1. The molecule has 0 saturated carbocycles. The number of nitrogen functional groups attached to an aromatic ring is 1. The molecule has 0 saturated heterocycles. The number of ether oxygens (including phenoxy) is 1. The summed E-state index contributed by atoms with van der Waals surface area (Å²) >= 11 is 3.03. The molecule has 0 amide bonds. The van der Waals surface area contributed by atoms with Crippen LogP contribution >= 0.6 is 15.9 Å². The molecule has 2 aromatic rings. The molecule has 0 bridgehead atoms. The Hall–Kier alpha value is -1.76. The van der Waals surface area contributed by atoms with Gasteiger partial charge in [-0.05, 0) is 12.1 Å². The maximum absolute atomic E-state index is 13.4. The lowest BCUT2D eigenvalue weighted by Crippen LogP contribution is -1.98. The van der Waals surface area contributed by atoms with E-state index < -0.39 is 11.6 Å². The molecular weight excluding hydrogens is 296 g/mol. The Bertz CT molecular complexity index is 565. The molecule has 1 aromatic carbocycles. The highest BCUT2D eigenvalue weighted by atomic mass is 79.9. The van der Waals surface area contributed by atoms with Gasteiger partial charge in [0.2, 0.25) is 17.6 Å². The van der Waals surface area contributed by atoms with Gasteiger partial charge in [-0.3, -0.25) is 0 Å². The first-order valence-electron chi connectivity index (χ1n) is 4.47. The molecule has 7 heteroatoms. The summed E-state index contributed by atoms with van der Waals surface area (Å²) in [5, 5.41) is 0. The van der Waals surface area contributed by atoms with Crippen LogP contribution in [0.15, 0.2) is 28.9 Å². The summed E-state index contributed by atoms with van der Waals surface area (Å²) in [5.74, 6) is -2.37. The van der Waals surface area contributed by atoms with Gasteiger partial charge in [-0.25, -0.2) is 9.37 Å². The van der Waals surface area contributed by atoms with E-state index >= 15 is 0 Å². The van der Waals surface area contributed by atoms with Gasteiger partial charge in [0, 0.05) is 16.7 Å². The van der Waals surface area contributed by atoms with Gasteiger partial charge >= 0.3 is 0 Å². The summed E-state index contributed by atoms with van der Waals surface area (Å²) in [5.41, 5.74) is 5.33. The van der Waals surface area contributed by atoms with E-state index in [0.717, 1.165) is 6.07 Å². The Balaban J connectivity index is 2.36. The van der Waals surface area contributed by atoms with Crippen molar-refractivity contribution in [1.82, 2.24) is 9.97 Å². The first kappa shape index (κ1) is 11.7. The summed E-state index contributed by atoms with van der Waals surface area (Å²) in [6.45, 7) is 0. The molecule has 88 valence electrons. The Morgan fingerprint density at radius 3 is 2.76 bits per heavy atom. The third-order valence-corrected chi connectivity index (χ3v) is 2.28. The largest absolute Gasteiger partial charge is 0.436 e. The average molecular weight is 302 g/mol. The van der Waals surface area contributed by atoms with E-state index in [1.165, 1.54) is 18.3 Å². The van der Waals surface area contributed by atoms with Gasteiger partial charge in [0.1, 0.15) is 0 Å². The predicted molar refractivity (Wildman–Crippen MR) is 60.6 cm³/mol. The Labute approximate surface area is 104 Å². The summed E-state index contributed by atoms with van der Waals surface area (Å²) in [6.07, 6.45) is 1.35. The van der Waals surface area contributed by atoms with Crippen molar-refractivity contribution in [2.24, 2.45) is 0 Å². The highest BCUT2D eigenvalue weighted by Gasteiger charge is 2.12. The molecule has 0 aliphatic heterocycles. The van der Waals surface area contributed by atoms with Crippen molar-refractivity contribution in [2.75, 3.05) is 5.73 Å². The summed E-state index contributed by atoms with van der Waals surface area (Å²) < 4.78 is 31.9. The lowest BCUT2D eigenvalue weighted by Gasteiger charge is -2.06. The van der Waals surface area contributed by atoms with Crippen LogP contribution in [0.4, 0.5) is 14.7 Å². The van der Waals surface area contributed by atoms with Crippen LogP contribution in [0.1, 0.15) is 0 Å². The molecule has 17 heavy (non-hydrogen) atoms. The number of nitrogens with two attached hydrogens (primary N) is 1. The number of halogens is 3. The van der Waals surface area contributed by atoms with Crippen molar-refractivity contribution >= 4 is 21.9 Å². The average Bonchev–Trinajstić information content (AvgIpc) is 2.25. The van der Waals surface area contributed by atoms with Gasteiger partial charge in [0.15, 0.2) is 11.6 Å². The van der Waals surface area contributed by atoms with Crippen LogP contribution in [-0.4, -0.2) is 9.97 Å². The minimum atomic E-state index is -1.09. The van der Waals surface area contributed by atoms with Crippen LogP contribution in [0.5, 0.6) is 11.6 Å². The second-order valence-corrected chi connectivity index (χ2v) is 3.97. The number of nitrogens with zero attached hydrogens (tertiary/aromatic N) is 2. The first-order chi connectivity index (χ1) is 8.06. The molecule has 0 atom stereocenters. The molecule has 0 unspecified atom stereocenters. The zero-order valence-corrected chi connectivity index (χ0v) is 9.91. The van der Waals surface area contributed by atoms with Gasteiger partial charge < -0.3 is 10.5 Å². The summed E-state index contributed by atoms with van der Waals surface area (Å²) in [4.78, 5) is 7.36. The van der Waals surface area contributed by atoms with Crippen molar-refractivity contribution in [2.45, 2.75) is 0 Å². The third kappa shape index (κ3) is 2.68. The molecule has 0 fully saturated rings. The SMILES string of the molecule is Nc1nccc(Oc2cc(Br)cc(F)c2F)n1. The molecule has 0 spiro atoms. The van der Waals surface area contributed by atoms with Crippen LogP contribution in [0.2, 0.25) is 0 Å². The van der Waals surface area contributed by atoms with E-state index in [9.17, 15) is 8.78 Å². The third-order valence-electron chi connectivity index (χ3n) is 1.82. The number of rotatable bonds is 2. The maximum atomic E-state index is 13.4. The van der Waals surface area contributed by atoms with Gasteiger partial charge in [0.05, 0.1) is 0 Å². The highest BCUT2D eigenvalue weighted by Crippen LogP contribution is 2.28. The van der Waals surface area contributed by atoms with Gasteiger partial charge in [-0.1, -0.05) is 15.9 Å². The molecule has 0 aliphatic rings. The van der Waals surface area contributed by atoms with Crippen LogP contribution in [0.3, 0.4) is 0 Å². The Morgan fingerprint density at radius 1 is 1.29 bits per heavy atom. The van der Waals surface area contributed by atoms with Gasteiger partial charge in [-0.15, -0.1) is 0 Å². The van der Waals surface area contributed by atoms with Crippen molar-refractivity contribution in [3.05, 3.63) is 40.5 Å². The number of hydrogen-bond acceptors (Lipinski definition) is 4. The second-order valence-electron chi connectivity index (χ2n) is 3.05. The molecule has 2 rings (SSSR count). The topological polar surface area (TPSA) is 61.0 Å². The fourth-order valence-electron chi connectivity index (χ4n) is 1.13. The van der Waals surface area contributed by atoms with E-state index in [2.05, 4.69) is 25.9 Å². The van der Waals surface area contributed by atoms with E-state index in [0.29, 0.717) is 4.47 Å². The van der Waals surface area contributed by atoms with E-state index in [1.54, 1.807) is 0 Å². The number of benzene rings is 1. The van der Waals surface area contributed by atoms with Crippen LogP contribution in [-0.2, 0) is 0 Å². The lowest BCUT2D eigenvalue weighted by atomic mass is 10.3. The fourth-order valence-corrected chi connectivity index (χ4v) is 1.54. The Morgan fingerprint density at radius 2 is 2.06 bits per heavy atom. The zero-order chi connectivity index (χ0) is 12.4.